The first-order valence-electron chi connectivity index (χ1n) is 3.53. The molecular weight excluding hydrogens is 244 g/mol. The number of rotatable bonds is 2. The average Bonchev–Trinajstić information content (AvgIpc) is 2.00. The summed E-state index contributed by atoms with van der Waals surface area (Å²) >= 11 is 0. The number of hydrogen-bond donors (Lipinski definition) is 1. The Morgan fingerprint density at radius 1 is 1.12 bits per heavy atom. The van der Waals surface area contributed by atoms with E-state index in [0.717, 1.165) is 12.1 Å². The normalized spacial score (nSPS) is 11.8. The molecule has 0 aliphatic carbocycles. The van der Waals surface area contributed by atoms with Crippen LogP contribution in [0.5, 0.6) is 5.75 Å². The van der Waals surface area contributed by atoms with Gasteiger partial charge >= 0.3 is 35.4 Å². The minimum absolute atomic E-state index is 0. The fraction of sp³-hybridized carbons (Fsp3) is 0.143. The minimum atomic E-state index is -4.71. The monoisotopic (exact) mass is 250 g/mol. The molecule has 1 aromatic rings. The molecule has 0 fully saturated rings. The van der Waals surface area contributed by atoms with Crippen LogP contribution in [0.25, 0.3) is 0 Å². The van der Waals surface area contributed by atoms with Crippen LogP contribution in [0, 0.1) is 0 Å². The maximum atomic E-state index is 12.0. The molecule has 0 atom stereocenters. The van der Waals surface area contributed by atoms with E-state index >= 15 is 0 Å². The predicted molar refractivity (Wildman–Crippen MR) is 50.8 cm³/mol. The van der Waals surface area contributed by atoms with Gasteiger partial charge in [-0.1, -0.05) is 0 Å². The number of benzene rings is 1. The van der Waals surface area contributed by atoms with Gasteiger partial charge in [0.2, 0.25) is 0 Å². The maximum absolute atomic E-state index is 12.0. The molecule has 86 valence electrons. The molecule has 0 amide bonds. The summed E-state index contributed by atoms with van der Waals surface area (Å²) in [5.41, 5.74) is -0.940. The zero-order valence-electron chi connectivity index (χ0n) is 7.02. The van der Waals surface area contributed by atoms with Crippen LogP contribution < -0.4 is 4.18 Å². The van der Waals surface area contributed by atoms with Crippen molar-refractivity contribution in [2.45, 2.75) is 6.18 Å². The third-order valence-electron chi connectivity index (χ3n) is 1.38. The Hall–Kier alpha value is -0.683. The quantitative estimate of drug-likeness (QED) is 0.633. The standard InChI is InChI=1S/C7H5F3O4S.Li.H/c8-7(9,10)5-1-3-6(4-2-5)14-15(11,12)13;;/h1-4H,(H,11,12,13);;. The van der Waals surface area contributed by atoms with Gasteiger partial charge in [0.1, 0.15) is 5.75 Å². The van der Waals surface area contributed by atoms with Crippen molar-refractivity contribution in [2.24, 2.45) is 0 Å². The van der Waals surface area contributed by atoms with E-state index in [0.29, 0.717) is 12.1 Å². The Balaban J connectivity index is 0.00000225. The fourth-order valence-electron chi connectivity index (χ4n) is 0.821. The van der Waals surface area contributed by atoms with Crippen LogP contribution in [0.4, 0.5) is 13.2 Å². The number of alkyl halides is 3. The Bertz CT molecular complexity index is 440. The van der Waals surface area contributed by atoms with Gasteiger partial charge < -0.3 is 4.18 Å². The van der Waals surface area contributed by atoms with Crippen LogP contribution >= 0.6 is 0 Å². The summed E-state index contributed by atoms with van der Waals surface area (Å²) in [6.07, 6.45) is -4.50. The van der Waals surface area contributed by atoms with Crippen LogP contribution in [-0.4, -0.2) is 31.8 Å². The zero-order chi connectivity index (χ0) is 11.7. The zero-order valence-corrected chi connectivity index (χ0v) is 7.84. The van der Waals surface area contributed by atoms with Gasteiger partial charge in [0.25, 0.3) is 0 Å². The number of hydrogen-bond acceptors (Lipinski definition) is 3. The Kier molecular flexibility index (Phi) is 4.88. The van der Waals surface area contributed by atoms with Crippen LogP contribution in [0.3, 0.4) is 0 Å². The molecular formula is C7H6F3LiO4S. The second-order valence-corrected chi connectivity index (χ2v) is 3.56. The van der Waals surface area contributed by atoms with E-state index in [4.69, 9.17) is 4.55 Å². The molecule has 1 rings (SSSR count). The van der Waals surface area contributed by atoms with E-state index in [1.165, 1.54) is 0 Å². The second-order valence-electron chi connectivity index (χ2n) is 2.53. The van der Waals surface area contributed by atoms with Crippen LogP contribution in [-0.2, 0) is 16.6 Å². The molecule has 0 aromatic heterocycles. The predicted octanol–water partition coefficient (Wildman–Crippen LogP) is 1.24. The van der Waals surface area contributed by atoms with E-state index in [-0.39, 0.29) is 18.9 Å². The Labute approximate surface area is 102 Å². The van der Waals surface area contributed by atoms with Gasteiger partial charge in [0.05, 0.1) is 5.56 Å². The summed E-state index contributed by atoms with van der Waals surface area (Å²) in [7, 11) is -4.71. The van der Waals surface area contributed by atoms with Gasteiger partial charge in [-0.25, -0.2) is 0 Å². The first-order valence-corrected chi connectivity index (χ1v) is 4.89. The van der Waals surface area contributed by atoms with Crippen molar-refractivity contribution >= 4 is 29.3 Å². The third-order valence-corrected chi connectivity index (χ3v) is 1.79. The van der Waals surface area contributed by atoms with Gasteiger partial charge in [-0.15, -0.1) is 0 Å². The molecule has 0 aliphatic heterocycles. The topological polar surface area (TPSA) is 63.6 Å². The molecule has 0 heterocycles. The first-order chi connectivity index (χ1) is 6.68. The molecule has 0 saturated heterocycles. The summed E-state index contributed by atoms with van der Waals surface area (Å²) in [5.74, 6) is -0.398. The summed E-state index contributed by atoms with van der Waals surface area (Å²) in [5, 5.41) is 0. The van der Waals surface area contributed by atoms with Crippen molar-refractivity contribution in [1.29, 1.82) is 0 Å². The first kappa shape index (κ1) is 15.3. The van der Waals surface area contributed by atoms with E-state index in [1.54, 1.807) is 0 Å². The van der Waals surface area contributed by atoms with Crippen molar-refractivity contribution in [2.75, 3.05) is 0 Å². The Morgan fingerprint density at radius 2 is 1.56 bits per heavy atom. The van der Waals surface area contributed by atoms with Crippen LogP contribution in [0.2, 0.25) is 0 Å². The molecule has 16 heavy (non-hydrogen) atoms. The van der Waals surface area contributed by atoms with E-state index < -0.39 is 27.9 Å². The average molecular weight is 250 g/mol. The molecule has 0 saturated carbocycles. The SMILES string of the molecule is O=S(=O)(O)Oc1ccc(C(F)(F)F)cc1.[LiH]. The molecule has 4 nitrogen and oxygen atoms in total. The van der Waals surface area contributed by atoms with Crippen molar-refractivity contribution in [1.82, 2.24) is 0 Å². The molecule has 0 spiro atoms. The summed E-state index contributed by atoms with van der Waals surface area (Å²) in [6, 6.07) is 2.86. The van der Waals surface area contributed by atoms with Gasteiger partial charge in [-0.05, 0) is 24.3 Å². The third kappa shape index (κ3) is 4.89. The van der Waals surface area contributed by atoms with Crippen molar-refractivity contribution in [3.8, 4) is 5.75 Å². The summed E-state index contributed by atoms with van der Waals surface area (Å²) < 4.78 is 68.7. The van der Waals surface area contributed by atoms with E-state index in [2.05, 4.69) is 4.18 Å². The van der Waals surface area contributed by atoms with Gasteiger partial charge in [0.15, 0.2) is 0 Å². The molecule has 0 bridgehead atoms. The van der Waals surface area contributed by atoms with Crippen molar-refractivity contribution < 1.29 is 30.3 Å². The van der Waals surface area contributed by atoms with Gasteiger partial charge in [-0.2, -0.15) is 21.6 Å². The second kappa shape index (κ2) is 5.10. The molecule has 9 heteroatoms. The van der Waals surface area contributed by atoms with Crippen molar-refractivity contribution in [3.05, 3.63) is 29.8 Å². The molecule has 0 radical (unpaired) electrons. The molecule has 1 aromatic carbocycles. The van der Waals surface area contributed by atoms with Gasteiger partial charge in [-0.3, -0.25) is 4.55 Å². The van der Waals surface area contributed by atoms with Crippen molar-refractivity contribution in [3.63, 3.8) is 0 Å². The summed E-state index contributed by atoms with van der Waals surface area (Å²) in [6.45, 7) is 0. The van der Waals surface area contributed by atoms with E-state index in [1.807, 2.05) is 0 Å². The van der Waals surface area contributed by atoms with Gasteiger partial charge in [0, 0.05) is 0 Å². The summed E-state index contributed by atoms with van der Waals surface area (Å²) in [4.78, 5) is 0. The number of halogens is 3. The van der Waals surface area contributed by atoms with Crippen LogP contribution in [0.15, 0.2) is 24.3 Å². The molecule has 1 N–H and O–H groups in total. The Morgan fingerprint density at radius 3 is 1.88 bits per heavy atom. The molecule has 0 aliphatic rings. The van der Waals surface area contributed by atoms with Crippen LogP contribution in [0.1, 0.15) is 5.56 Å². The fourth-order valence-corrected chi connectivity index (χ4v) is 1.18. The van der Waals surface area contributed by atoms with E-state index in [9.17, 15) is 21.6 Å². The molecule has 0 unspecified atom stereocenters.